The maximum Gasteiger partial charge on any atom is 0.240 e. The fourth-order valence-corrected chi connectivity index (χ4v) is 6.08. The molecule has 0 saturated carbocycles. The van der Waals surface area contributed by atoms with Crippen LogP contribution in [0.3, 0.4) is 0 Å². The van der Waals surface area contributed by atoms with Crippen LogP contribution in [0, 0.1) is 83.1 Å². The van der Waals surface area contributed by atoms with Crippen LogP contribution in [0.5, 0.6) is 17.2 Å². The molecule has 0 bridgehead atoms. The van der Waals surface area contributed by atoms with E-state index in [9.17, 15) is 4.21 Å². The molecule has 0 aliphatic heterocycles. The molecule has 3 nitrogen and oxygen atoms in total. The van der Waals surface area contributed by atoms with Gasteiger partial charge in [-0.05, 0) is 210 Å². The van der Waals surface area contributed by atoms with Gasteiger partial charge >= 0.3 is 0 Å². The molecule has 270 valence electrons. The molecule has 52 heavy (non-hydrogen) atoms. The summed E-state index contributed by atoms with van der Waals surface area (Å²) in [6.07, 6.45) is 0. The summed E-state index contributed by atoms with van der Waals surface area (Å²) in [5.74, 6) is 2.44. The molecule has 4 heteroatoms. The monoisotopic (exact) mass is 710 g/mol. The number of hydrogen-bond acceptors (Lipinski definition) is 3. The molecule has 0 saturated heterocycles. The summed E-state index contributed by atoms with van der Waals surface area (Å²) in [6.45, 7) is 25.1. The van der Waals surface area contributed by atoms with Crippen LogP contribution >= 0.6 is 0 Å². The summed E-state index contributed by atoms with van der Waals surface area (Å²) in [5.41, 5.74) is 17.8. The third-order valence-electron chi connectivity index (χ3n) is 9.86. The Morgan fingerprint density at radius 3 is 1.00 bits per heavy atom. The molecule has 1 atom stereocenters. The lowest BCUT2D eigenvalue weighted by atomic mass is 9.98. The van der Waals surface area contributed by atoms with Crippen LogP contribution in [-0.4, -0.2) is 4.21 Å². The van der Waals surface area contributed by atoms with E-state index in [1.54, 1.807) is 0 Å². The van der Waals surface area contributed by atoms with Crippen molar-refractivity contribution in [1.82, 2.24) is 0 Å². The Labute approximate surface area is 315 Å². The minimum absolute atomic E-state index is 0.639. The van der Waals surface area contributed by atoms with Crippen LogP contribution in [0.2, 0.25) is 0 Å². The average Bonchev–Trinajstić information content (AvgIpc) is 3.10. The van der Waals surface area contributed by atoms with Crippen LogP contribution in [-0.2, 0) is 11.1 Å². The smallest absolute Gasteiger partial charge is 0.240 e. The van der Waals surface area contributed by atoms with Crippen molar-refractivity contribution in [1.29, 1.82) is 0 Å². The van der Waals surface area contributed by atoms with Gasteiger partial charge in [0.15, 0.2) is 0 Å². The van der Waals surface area contributed by atoms with Crippen LogP contribution in [0.15, 0.2) is 114 Å². The quantitative estimate of drug-likeness (QED) is 0.173. The second-order valence-electron chi connectivity index (χ2n) is 14.0. The Hall–Kier alpha value is -4.93. The normalized spacial score (nSPS) is 11.1. The second-order valence-corrected chi connectivity index (χ2v) is 15.1. The molecule has 0 aliphatic carbocycles. The van der Waals surface area contributed by atoms with E-state index in [0.717, 1.165) is 22.6 Å². The molecule has 6 aromatic carbocycles. The van der Waals surface area contributed by atoms with Crippen molar-refractivity contribution in [2.75, 3.05) is 0 Å². The molecule has 0 spiro atoms. The Kier molecular flexibility index (Phi) is 13.8. The number of rotatable bonds is 6. The van der Waals surface area contributed by atoms with Gasteiger partial charge in [-0.2, -0.15) is 0 Å². The number of benzene rings is 6. The molecule has 1 unspecified atom stereocenters. The van der Waals surface area contributed by atoms with Gasteiger partial charge in [0.1, 0.15) is 17.2 Å². The largest absolute Gasteiger partial charge is 0.457 e. The van der Waals surface area contributed by atoms with Gasteiger partial charge in [-0.3, -0.25) is 0 Å². The summed E-state index contributed by atoms with van der Waals surface area (Å²) in [4.78, 5) is 0.696. The molecule has 0 amide bonds. The molecule has 0 heterocycles. The third kappa shape index (κ3) is 11.0. The van der Waals surface area contributed by atoms with Crippen molar-refractivity contribution in [3.8, 4) is 28.4 Å². The minimum atomic E-state index is -1.47. The SMILES string of the molecule is Cc1ccc(-c2ccc(C)c(C)c2)cc1C.Cc1ccc(OS(=O)c2ccc(C)c(C)c2)cc1C.Cc1ccc(Oc2ccc(C)c(C)c2)cc1C. The Morgan fingerprint density at radius 1 is 0.327 bits per heavy atom. The maximum atomic E-state index is 12.2. The summed E-state index contributed by atoms with van der Waals surface area (Å²) in [6, 6.07) is 37.1. The maximum absolute atomic E-state index is 12.2. The molecule has 6 rings (SSSR count). The van der Waals surface area contributed by atoms with Gasteiger partial charge in [0.05, 0.1) is 4.90 Å². The predicted molar refractivity (Wildman–Crippen MR) is 222 cm³/mol. The summed E-state index contributed by atoms with van der Waals surface area (Å²) < 4.78 is 23.5. The first-order chi connectivity index (χ1) is 24.6. The van der Waals surface area contributed by atoms with Gasteiger partial charge in [0.25, 0.3) is 0 Å². The van der Waals surface area contributed by atoms with Gasteiger partial charge in [-0.25, -0.2) is 4.21 Å². The zero-order valence-corrected chi connectivity index (χ0v) is 33.8. The zero-order valence-electron chi connectivity index (χ0n) is 33.0. The molecule has 0 aliphatic rings. The molecule has 0 N–H and O–H groups in total. The third-order valence-corrected chi connectivity index (χ3v) is 10.8. The van der Waals surface area contributed by atoms with Crippen molar-refractivity contribution in [2.45, 2.75) is 88.0 Å². The van der Waals surface area contributed by atoms with E-state index in [-0.39, 0.29) is 0 Å². The number of aryl methyl sites for hydroxylation is 12. The van der Waals surface area contributed by atoms with E-state index >= 15 is 0 Å². The van der Waals surface area contributed by atoms with Crippen molar-refractivity contribution in [3.05, 3.63) is 176 Å². The second kappa shape index (κ2) is 18.0. The lowest BCUT2D eigenvalue weighted by Gasteiger charge is -2.09. The standard InChI is InChI=1S/C16H18O2S.C16H18O.C16H18/c1-11-5-7-15(9-13(11)3)18-19(17)16-8-6-12(2)14(4)10-16;1-11-5-7-15(9-13(11)3)17-16-8-6-12(2)14(4)10-16;1-11-5-7-15(9-13(11)3)16-8-6-12(2)14(4)10-16/h5-10H,1-4H3;5-10H,1-4H3;5-10H,1-4H3. The first-order valence-electron chi connectivity index (χ1n) is 17.8. The predicted octanol–water partition coefficient (Wildman–Crippen LogP) is 13.3. The summed E-state index contributed by atoms with van der Waals surface area (Å²) in [5, 5.41) is 0. The van der Waals surface area contributed by atoms with E-state index < -0.39 is 11.1 Å². The summed E-state index contributed by atoms with van der Waals surface area (Å²) in [7, 11) is 0. The van der Waals surface area contributed by atoms with Gasteiger partial charge < -0.3 is 8.92 Å². The molecule has 0 aromatic heterocycles. The van der Waals surface area contributed by atoms with Crippen molar-refractivity contribution in [2.24, 2.45) is 0 Å². The fourth-order valence-electron chi connectivity index (χ4n) is 5.25. The van der Waals surface area contributed by atoms with E-state index in [4.69, 9.17) is 8.92 Å². The molecule has 0 radical (unpaired) electrons. The van der Waals surface area contributed by atoms with E-state index in [2.05, 4.69) is 116 Å². The zero-order chi connectivity index (χ0) is 38.1. The molecular weight excluding hydrogens is 657 g/mol. The molecule has 0 fully saturated rings. The highest BCUT2D eigenvalue weighted by Gasteiger charge is 2.09. The van der Waals surface area contributed by atoms with Crippen LogP contribution in [0.4, 0.5) is 0 Å². The van der Waals surface area contributed by atoms with E-state index in [1.807, 2.05) is 76.2 Å². The van der Waals surface area contributed by atoms with Crippen LogP contribution in [0.25, 0.3) is 11.1 Å². The minimum Gasteiger partial charge on any atom is -0.457 e. The lowest BCUT2D eigenvalue weighted by Crippen LogP contribution is -2.02. The van der Waals surface area contributed by atoms with E-state index in [0.29, 0.717) is 10.6 Å². The highest BCUT2D eigenvalue weighted by atomic mass is 32.2. The van der Waals surface area contributed by atoms with Crippen molar-refractivity contribution < 1.29 is 13.1 Å². The highest BCUT2D eigenvalue weighted by Crippen LogP contribution is 2.26. The van der Waals surface area contributed by atoms with Crippen LogP contribution < -0.4 is 8.92 Å². The number of hydrogen-bond donors (Lipinski definition) is 0. The molecule has 6 aromatic rings. The highest BCUT2D eigenvalue weighted by molar-refractivity contribution is 7.80. The first kappa shape index (κ1) is 39.8. The average molecular weight is 711 g/mol. The van der Waals surface area contributed by atoms with Gasteiger partial charge in [0.2, 0.25) is 11.1 Å². The number of ether oxygens (including phenoxy) is 1. The Morgan fingerprint density at radius 2 is 0.635 bits per heavy atom. The summed E-state index contributed by atoms with van der Waals surface area (Å²) >= 11 is -1.47. The Balaban J connectivity index is 0.000000175. The lowest BCUT2D eigenvalue weighted by molar-refractivity contribution is 0.481. The Bertz CT molecular complexity index is 2100. The van der Waals surface area contributed by atoms with Crippen molar-refractivity contribution >= 4 is 11.1 Å². The fraction of sp³-hybridized carbons (Fsp3) is 0.250. The molecular formula is C48H54O3S. The topological polar surface area (TPSA) is 35.5 Å². The first-order valence-corrected chi connectivity index (χ1v) is 18.9. The van der Waals surface area contributed by atoms with Gasteiger partial charge in [-0.15, -0.1) is 0 Å². The van der Waals surface area contributed by atoms with Gasteiger partial charge in [-0.1, -0.05) is 60.7 Å². The van der Waals surface area contributed by atoms with Crippen molar-refractivity contribution in [3.63, 3.8) is 0 Å². The van der Waals surface area contributed by atoms with Gasteiger partial charge in [0, 0.05) is 0 Å². The van der Waals surface area contributed by atoms with E-state index in [1.165, 1.54) is 66.8 Å². The van der Waals surface area contributed by atoms with Crippen LogP contribution in [0.1, 0.15) is 66.8 Å².